The summed E-state index contributed by atoms with van der Waals surface area (Å²) in [4.78, 5) is 12.7. The van der Waals surface area contributed by atoms with E-state index < -0.39 is 61.7 Å². The molecule has 1 aromatic carbocycles. The molecule has 9 heteroatoms. The van der Waals surface area contributed by atoms with E-state index in [0.717, 1.165) is 12.1 Å². The number of hydrogen-bond acceptors (Lipinski definition) is 4. The minimum absolute atomic E-state index is 0.0303. The van der Waals surface area contributed by atoms with Gasteiger partial charge in [-0.2, -0.15) is 13.2 Å². The third kappa shape index (κ3) is 5.52. The van der Waals surface area contributed by atoms with Gasteiger partial charge in [-0.3, -0.25) is 4.79 Å². The van der Waals surface area contributed by atoms with Crippen LogP contribution in [0.15, 0.2) is 12.1 Å². The standard InChI is InChI=1S/C20H26F4N2O3/c1-28-17-10-18(29-14-6-4-13(5-7-14)20(22,23)24)15(21)9-12(17)11-26-19(27)16-3-2-8-25-16/h9-10,13-14,16,25H,2-8,11H2,1H3,(H,26,27)/i2D2,3D2,8D2,16D. The van der Waals surface area contributed by atoms with Gasteiger partial charge in [0.05, 0.1) is 26.5 Å². The van der Waals surface area contributed by atoms with E-state index >= 15 is 0 Å². The Morgan fingerprint density at radius 3 is 2.62 bits per heavy atom. The van der Waals surface area contributed by atoms with E-state index in [-0.39, 0.29) is 42.7 Å². The Kier molecular flexibility index (Phi) is 4.46. The van der Waals surface area contributed by atoms with Crippen molar-refractivity contribution in [2.24, 2.45) is 5.92 Å². The lowest BCUT2D eigenvalue weighted by Crippen LogP contribution is -2.40. The molecule has 0 radical (unpaired) electrons. The van der Waals surface area contributed by atoms with Crippen LogP contribution in [0.4, 0.5) is 17.6 Å². The molecule has 29 heavy (non-hydrogen) atoms. The summed E-state index contributed by atoms with van der Waals surface area (Å²) in [5.74, 6) is -3.93. The van der Waals surface area contributed by atoms with Gasteiger partial charge in [0.1, 0.15) is 5.75 Å². The lowest BCUT2D eigenvalue weighted by molar-refractivity contribution is -0.185. The second-order valence-corrected chi connectivity index (χ2v) is 6.79. The van der Waals surface area contributed by atoms with E-state index in [2.05, 4.69) is 5.32 Å². The van der Waals surface area contributed by atoms with Crippen LogP contribution < -0.4 is 20.1 Å². The normalized spacial score (nSPS) is 36.2. The van der Waals surface area contributed by atoms with Gasteiger partial charge in [0.2, 0.25) is 5.91 Å². The van der Waals surface area contributed by atoms with E-state index in [0.29, 0.717) is 0 Å². The lowest BCUT2D eigenvalue weighted by atomic mass is 9.87. The van der Waals surface area contributed by atoms with Crippen molar-refractivity contribution >= 4 is 5.91 Å². The van der Waals surface area contributed by atoms with Crippen LogP contribution in [0.5, 0.6) is 11.5 Å². The van der Waals surface area contributed by atoms with Crippen molar-refractivity contribution in [1.82, 2.24) is 10.6 Å². The summed E-state index contributed by atoms with van der Waals surface area (Å²) in [7, 11) is 1.24. The molecule has 3 rings (SSSR count). The molecule has 1 unspecified atom stereocenters. The smallest absolute Gasteiger partial charge is 0.391 e. The molecule has 2 fully saturated rings. The van der Waals surface area contributed by atoms with Crippen LogP contribution in [0.25, 0.3) is 0 Å². The number of rotatable bonds is 6. The highest BCUT2D eigenvalue weighted by atomic mass is 19.4. The summed E-state index contributed by atoms with van der Waals surface area (Å²) >= 11 is 0. The average molecular weight is 425 g/mol. The Hall–Kier alpha value is -2.03. The predicted molar refractivity (Wildman–Crippen MR) is 98.3 cm³/mol. The van der Waals surface area contributed by atoms with Crippen molar-refractivity contribution in [3.8, 4) is 11.5 Å². The van der Waals surface area contributed by atoms with Crippen molar-refractivity contribution in [2.75, 3.05) is 13.6 Å². The molecule has 0 bridgehead atoms. The van der Waals surface area contributed by atoms with Crippen LogP contribution >= 0.6 is 0 Å². The molecular formula is C20H26F4N2O3. The average Bonchev–Trinajstić information content (AvgIpc) is 2.87. The topological polar surface area (TPSA) is 59.6 Å². The Morgan fingerprint density at radius 1 is 1.31 bits per heavy atom. The first-order valence-corrected chi connectivity index (χ1v) is 9.05. The van der Waals surface area contributed by atoms with E-state index in [1.54, 1.807) is 5.32 Å². The quantitative estimate of drug-likeness (QED) is 0.683. The van der Waals surface area contributed by atoms with E-state index in [1.165, 1.54) is 7.11 Å². The fourth-order valence-corrected chi connectivity index (χ4v) is 3.28. The maximum atomic E-state index is 14.7. The summed E-state index contributed by atoms with van der Waals surface area (Å²) in [6.07, 6.45) is -11.5. The van der Waals surface area contributed by atoms with Crippen molar-refractivity contribution in [2.45, 2.75) is 63.3 Å². The molecule has 1 aliphatic heterocycles. The molecule has 2 N–H and O–H groups in total. The molecule has 0 spiro atoms. The summed E-state index contributed by atoms with van der Waals surface area (Å²) in [6.45, 7) is -3.52. The fourth-order valence-electron chi connectivity index (χ4n) is 3.28. The molecule has 5 nitrogen and oxygen atoms in total. The number of carbonyl (C=O) groups excluding carboxylic acids is 1. The monoisotopic (exact) mass is 425 g/mol. The first-order chi connectivity index (χ1) is 16.4. The minimum Gasteiger partial charge on any atom is -0.496 e. The largest absolute Gasteiger partial charge is 0.496 e. The molecule has 162 valence electrons. The third-order valence-corrected chi connectivity index (χ3v) is 4.87. The first kappa shape index (κ1) is 14.1. The summed E-state index contributed by atoms with van der Waals surface area (Å²) in [5, 5.41) is 3.95. The zero-order valence-corrected chi connectivity index (χ0v) is 15.6. The Morgan fingerprint density at radius 2 is 2.03 bits per heavy atom. The van der Waals surface area contributed by atoms with E-state index in [1.807, 2.05) is 0 Å². The number of benzene rings is 1. The van der Waals surface area contributed by atoms with Gasteiger partial charge in [-0.25, -0.2) is 4.39 Å². The second-order valence-electron chi connectivity index (χ2n) is 6.79. The summed E-state index contributed by atoms with van der Waals surface area (Å²) in [6, 6.07) is -0.931. The van der Waals surface area contributed by atoms with E-state index in [4.69, 9.17) is 19.1 Å². The van der Waals surface area contributed by atoms with Gasteiger partial charge in [-0.05, 0) is 51.0 Å². The highest BCUT2D eigenvalue weighted by Gasteiger charge is 2.41. The Labute approximate surface area is 177 Å². The van der Waals surface area contributed by atoms with Gasteiger partial charge in [-0.1, -0.05) is 0 Å². The lowest BCUT2D eigenvalue weighted by Gasteiger charge is -2.30. The molecule has 1 amide bonds. The van der Waals surface area contributed by atoms with E-state index in [9.17, 15) is 22.4 Å². The molecule has 2 aliphatic rings. The van der Waals surface area contributed by atoms with Crippen molar-refractivity contribution < 1.29 is 41.4 Å². The maximum absolute atomic E-state index is 14.7. The Bertz CT molecular complexity index is 1000. The van der Waals surface area contributed by atoms with Gasteiger partial charge < -0.3 is 20.1 Å². The van der Waals surface area contributed by atoms with Gasteiger partial charge in [0.15, 0.2) is 11.6 Å². The van der Waals surface area contributed by atoms with Crippen LogP contribution in [-0.2, 0) is 11.3 Å². The molecule has 1 saturated carbocycles. The maximum Gasteiger partial charge on any atom is 0.391 e. The summed E-state index contributed by atoms with van der Waals surface area (Å²) in [5.41, 5.74) is 0.0460. The number of alkyl halides is 3. The molecule has 1 saturated heterocycles. The van der Waals surface area contributed by atoms with Crippen molar-refractivity contribution in [3.63, 3.8) is 0 Å². The first-order valence-electron chi connectivity index (χ1n) is 12.5. The molecule has 1 atom stereocenters. The second kappa shape index (κ2) is 9.19. The van der Waals surface area contributed by atoms with Crippen LogP contribution in [-0.4, -0.2) is 37.8 Å². The zero-order valence-electron chi connectivity index (χ0n) is 22.6. The highest BCUT2D eigenvalue weighted by Crippen LogP contribution is 2.39. The fraction of sp³-hybridized carbons (Fsp3) is 0.650. The minimum atomic E-state index is -4.29. The van der Waals surface area contributed by atoms with Crippen LogP contribution in [0.1, 0.15) is 53.6 Å². The number of carbonyl (C=O) groups is 1. The van der Waals surface area contributed by atoms with Gasteiger partial charge in [0, 0.05) is 26.4 Å². The van der Waals surface area contributed by atoms with Gasteiger partial charge >= 0.3 is 6.18 Å². The number of halogens is 4. The predicted octanol–water partition coefficient (Wildman–Crippen LogP) is 3.70. The van der Waals surface area contributed by atoms with Gasteiger partial charge in [0.25, 0.3) is 0 Å². The van der Waals surface area contributed by atoms with Crippen LogP contribution in [0, 0.1) is 11.7 Å². The molecule has 1 heterocycles. The number of hydrogen-bond donors (Lipinski definition) is 2. The third-order valence-electron chi connectivity index (χ3n) is 4.87. The van der Waals surface area contributed by atoms with Crippen LogP contribution in [0.2, 0.25) is 0 Å². The number of nitrogens with one attached hydrogen (secondary N) is 2. The molecule has 1 aliphatic carbocycles. The molecular weight excluding hydrogens is 392 g/mol. The van der Waals surface area contributed by atoms with Gasteiger partial charge in [-0.15, -0.1) is 0 Å². The van der Waals surface area contributed by atoms with Crippen molar-refractivity contribution in [1.29, 1.82) is 0 Å². The number of amides is 1. The summed E-state index contributed by atoms with van der Waals surface area (Å²) < 4.78 is 119. The molecule has 0 aromatic heterocycles. The Balaban J connectivity index is 1.71. The van der Waals surface area contributed by atoms with Crippen LogP contribution in [0.3, 0.4) is 0 Å². The molecule has 1 aromatic rings. The highest BCUT2D eigenvalue weighted by molar-refractivity contribution is 5.82. The SMILES string of the molecule is [2H]C1([2H])NC([2H])(C(=O)NCc2cc(F)c(OC3CCC(C(F)(F)F)CC3)cc2OC)C([2H])([2H])C1([2H])[2H]. The zero-order chi connectivity index (χ0) is 27.3. The van der Waals surface area contributed by atoms with Crippen molar-refractivity contribution in [3.05, 3.63) is 23.5 Å². The number of methoxy groups -OCH3 is 1. The number of ether oxygens (including phenoxy) is 2.